The highest BCUT2D eigenvalue weighted by Gasteiger charge is 2.45. The fourth-order valence-electron chi connectivity index (χ4n) is 5.43. The molecule has 8 nitrogen and oxygen atoms in total. The molecular formula is C21H33ClN4O4S2. The summed E-state index contributed by atoms with van der Waals surface area (Å²) >= 11 is 6.20. The van der Waals surface area contributed by atoms with Gasteiger partial charge in [0.05, 0.1) is 5.75 Å². The van der Waals surface area contributed by atoms with Crippen molar-refractivity contribution in [3.63, 3.8) is 0 Å². The Morgan fingerprint density at radius 3 is 2.72 bits per heavy atom. The number of nitrogens with one attached hydrogen (secondary N) is 1. The first kappa shape index (κ1) is 24.4. The number of nitrogens with zero attached hydrogens (tertiary/aromatic N) is 3. The topological polar surface area (TPSA) is 90.0 Å². The molecule has 0 aliphatic carbocycles. The molecule has 0 saturated carbocycles. The predicted molar refractivity (Wildman–Crippen MR) is 126 cm³/mol. The van der Waals surface area contributed by atoms with Crippen molar-refractivity contribution in [2.45, 2.75) is 44.2 Å². The van der Waals surface area contributed by atoms with Crippen molar-refractivity contribution in [2.75, 3.05) is 46.0 Å². The van der Waals surface area contributed by atoms with Gasteiger partial charge >= 0.3 is 0 Å². The number of hydrogen-bond acceptors (Lipinski definition) is 5. The molecule has 3 aliphatic rings. The summed E-state index contributed by atoms with van der Waals surface area (Å²) < 4.78 is 55.4. The second-order valence-corrected chi connectivity index (χ2v) is 13.7. The Morgan fingerprint density at radius 2 is 1.97 bits per heavy atom. The number of rotatable bonds is 7. The highest BCUT2D eigenvalue weighted by atomic mass is 35.5. The van der Waals surface area contributed by atoms with Gasteiger partial charge in [-0.05, 0) is 61.3 Å². The molecule has 3 aliphatic heterocycles. The van der Waals surface area contributed by atoms with E-state index >= 15 is 0 Å². The number of fused-ring (bicyclic) bond motifs is 4. The van der Waals surface area contributed by atoms with Gasteiger partial charge in [0, 0.05) is 57.4 Å². The summed E-state index contributed by atoms with van der Waals surface area (Å²) in [5, 5.41) is 0.748. The van der Waals surface area contributed by atoms with Crippen LogP contribution in [0.2, 0.25) is 5.02 Å². The molecule has 0 radical (unpaired) electrons. The Kier molecular flexibility index (Phi) is 7.22. The molecule has 3 heterocycles. The Hall–Kier alpha value is -0.750. The monoisotopic (exact) mass is 504 g/mol. The lowest BCUT2D eigenvalue weighted by Crippen LogP contribution is -2.57. The number of hydrogen-bond donors (Lipinski definition) is 1. The minimum Gasteiger partial charge on any atom is -0.296 e. The summed E-state index contributed by atoms with van der Waals surface area (Å²) in [6.07, 6.45) is 3.95. The van der Waals surface area contributed by atoms with E-state index in [-0.39, 0.29) is 30.8 Å². The molecule has 1 N–H and O–H groups in total. The van der Waals surface area contributed by atoms with Crippen LogP contribution in [0.3, 0.4) is 0 Å². The molecule has 2 saturated heterocycles. The molecule has 1 aromatic rings. The first-order valence-electron chi connectivity index (χ1n) is 11.3. The van der Waals surface area contributed by atoms with Crippen LogP contribution in [-0.4, -0.2) is 82.4 Å². The summed E-state index contributed by atoms with van der Waals surface area (Å²) in [6.45, 7) is 2.56. The van der Waals surface area contributed by atoms with Gasteiger partial charge in [-0.2, -0.15) is 17.0 Å². The SMILES string of the molecule is CN(C)S(=O)(=O)NCCCS(=O)(=O)N1CCC[C@H]2CN3CCc4cc(Cl)ccc4[C@@H]3C[C@H]21. The normalized spacial score (nSPS) is 27.1. The van der Waals surface area contributed by atoms with Crippen molar-refractivity contribution in [3.8, 4) is 0 Å². The second kappa shape index (κ2) is 9.48. The molecule has 4 rings (SSSR count). The first-order chi connectivity index (χ1) is 15.1. The number of piperidine rings is 2. The van der Waals surface area contributed by atoms with Gasteiger partial charge in [-0.15, -0.1) is 0 Å². The molecule has 0 amide bonds. The van der Waals surface area contributed by atoms with Gasteiger partial charge < -0.3 is 0 Å². The molecule has 1 aromatic carbocycles. The maximum atomic E-state index is 13.3. The maximum absolute atomic E-state index is 13.3. The zero-order valence-electron chi connectivity index (χ0n) is 18.7. The Balaban J connectivity index is 1.45. The zero-order valence-corrected chi connectivity index (χ0v) is 21.1. The van der Waals surface area contributed by atoms with E-state index in [1.54, 1.807) is 4.31 Å². The zero-order chi connectivity index (χ0) is 23.1. The Labute approximate surface area is 197 Å². The number of benzene rings is 1. The van der Waals surface area contributed by atoms with E-state index in [0.29, 0.717) is 12.5 Å². The van der Waals surface area contributed by atoms with Crippen LogP contribution in [0, 0.1) is 5.92 Å². The van der Waals surface area contributed by atoms with Gasteiger partial charge in [0.25, 0.3) is 10.2 Å². The fraction of sp³-hybridized carbons (Fsp3) is 0.714. The van der Waals surface area contributed by atoms with E-state index < -0.39 is 20.2 Å². The van der Waals surface area contributed by atoms with Crippen LogP contribution in [0.15, 0.2) is 18.2 Å². The molecule has 0 bridgehead atoms. The maximum Gasteiger partial charge on any atom is 0.278 e. The quantitative estimate of drug-likeness (QED) is 0.572. The molecule has 2 fully saturated rings. The lowest BCUT2D eigenvalue weighted by molar-refractivity contribution is 0.0220. The van der Waals surface area contributed by atoms with Gasteiger partial charge in [-0.1, -0.05) is 17.7 Å². The molecular weight excluding hydrogens is 472 g/mol. The van der Waals surface area contributed by atoms with Gasteiger partial charge in [-0.3, -0.25) is 4.90 Å². The average Bonchev–Trinajstić information content (AvgIpc) is 2.74. The summed E-state index contributed by atoms with van der Waals surface area (Å²) in [4.78, 5) is 2.52. The van der Waals surface area contributed by atoms with E-state index in [0.717, 1.165) is 48.1 Å². The lowest BCUT2D eigenvalue weighted by atomic mass is 9.77. The second-order valence-electron chi connectivity index (χ2n) is 9.27. The van der Waals surface area contributed by atoms with Gasteiger partial charge in [0.15, 0.2) is 0 Å². The Morgan fingerprint density at radius 1 is 1.19 bits per heavy atom. The molecule has 32 heavy (non-hydrogen) atoms. The van der Waals surface area contributed by atoms with E-state index in [9.17, 15) is 16.8 Å². The van der Waals surface area contributed by atoms with Crippen molar-refractivity contribution in [1.29, 1.82) is 0 Å². The minimum atomic E-state index is -3.54. The van der Waals surface area contributed by atoms with Crippen LogP contribution in [0.25, 0.3) is 0 Å². The third-order valence-corrected chi connectivity index (χ3v) is 10.8. The fourth-order valence-corrected chi connectivity index (χ4v) is 8.11. The largest absolute Gasteiger partial charge is 0.296 e. The predicted octanol–water partition coefficient (Wildman–Crippen LogP) is 1.84. The first-order valence-corrected chi connectivity index (χ1v) is 14.7. The van der Waals surface area contributed by atoms with E-state index in [2.05, 4.69) is 15.7 Å². The number of halogens is 1. The van der Waals surface area contributed by atoms with Crippen molar-refractivity contribution in [3.05, 3.63) is 34.3 Å². The van der Waals surface area contributed by atoms with Crippen molar-refractivity contribution < 1.29 is 16.8 Å². The summed E-state index contributed by atoms with van der Waals surface area (Å²) in [7, 11) is -4.13. The van der Waals surface area contributed by atoms with E-state index in [4.69, 9.17) is 11.6 Å². The summed E-state index contributed by atoms with van der Waals surface area (Å²) in [6, 6.07) is 6.30. The third kappa shape index (κ3) is 5.01. The van der Waals surface area contributed by atoms with Gasteiger partial charge in [0.2, 0.25) is 10.0 Å². The highest BCUT2D eigenvalue weighted by molar-refractivity contribution is 7.89. The summed E-state index contributed by atoms with van der Waals surface area (Å²) in [5.41, 5.74) is 2.55. The van der Waals surface area contributed by atoms with Gasteiger partial charge in [0.1, 0.15) is 0 Å². The van der Waals surface area contributed by atoms with E-state index in [1.807, 2.05) is 12.1 Å². The van der Waals surface area contributed by atoms with Crippen LogP contribution in [-0.2, 0) is 26.7 Å². The summed E-state index contributed by atoms with van der Waals surface area (Å²) in [5.74, 6) is 0.295. The third-order valence-electron chi connectivity index (χ3n) is 7.08. The molecule has 11 heteroatoms. The van der Waals surface area contributed by atoms with Crippen LogP contribution < -0.4 is 4.72 Å². The average molecular weight is 505 g/mol. The Bertz CT molecular complexity index is 1050. The highest BCUT2D eigenvalue weighted by Crippen LogP contribution is 2.44. The molecule has 0 aromatic heterocycles. The minimum absolute atomic E-state index is 0.00454. The standard InChI is InChI=1S/C21H33ClN4O4S2/c1-24(2)32(29,30)23-9-4-12-31(27,28)26-10-3-5-17-15-25-11-8-16-13-18(22)6-7-19(16)21(25)14-20(17)26/h6-7,13,17,20-21,23H,3-5,8-12,14-15H2,1-2H3/t17-,20+,21-/m0/s1. The molecule has 0 unspecified atom stereocenters. The van der Waals surface area contributed by atoms with Crippen LogP contribution in [0.1, 0.15) is 42.9 Å². The van der Waals surface area contributed by atoms with Gasteiger partial charge in [-0.25, -0.2) is 13.1 Å². The number of sulfonamides is 1. The molecule has 3 atom stereocenters. The van der Waals surface area contributed by atoms with Crippen LogP contribution in [0.4, 0.5) is 0 Å². The molecule has 0 spiro atoms. The van der Waals surface area contributed by atoms with Crippen molar-refractivity contribution in [2.24, 2.45) is 5.92 Å². The van der Waals surface area contributed by atoms with Crippen molar-refractivity contribution in [1.82, 2.24) is 18.2 Å². The van der Waals surface area contributed by atoms with E-state index in [1.165, 1.54) is 25.2 Å². The van der Waals surface area contributed by atoms with Crippen LogP contribution >= 0.6 is 11.6 Å². The molecule has 180 valence electrons. The lowest BCUT2D eigenvalue weighted by Gasteiger charge is -2.51. The smallest absolute Gasteiger partial charge is 0.278 e. The van der Waals surface area contributed by atoms with Crippen molar-refractivity contribution >= 4 is 31.8 Å². The van der Waals surface area contributed by atoms with Crippen LogP contribution in [0.5, 0.6) is 0 Å².